The van der Waals surface area contributed by atoms with Crippen LogP contribution in [0.4, 0.5) is 8.78 Å². The molecule has 2 N–H and O–H groups in total. The first-order chi connectivity index (χ1) is 8.63. The van der Waals surface area contributed by atoms with Crippen molar-refractivity contribution < 1.29 is 18.7 Å². The maximum Gasteiger partial charge on any atom is 0.257 e. The first-order valence-electron chi connectivity index (χ1n) is 5.99. The van der Waals surface area contributed by atoms with E-state index in [9.17, 15) is 13.6 Å². The SMILES string of the molecule is O=C(NC(CCO)C1CC1)c1c(F)cccc1F. The minimum absolute atomic E-state index is 0.0544. The van der Waals surface area contributed by atoms with Gasteiger partial charge in [0.2, 0.25) is 0 Å². The van der Waals surface area contributed by atoms with E-state index in [0.29, 0.717) is 12.3 Å². The van der Waals surface area contributed by atoms with Crippen LogP contribution >= 0.6 is 0 Å². The number of hydrogen-bond acceptors (Lipinski definition) is 2. The number of halogens is 2. The number of hydrogen-bond donors (Lipinski definition) is 2. The summed E-state index contributed by atoms with van der Waals surface area (Å²) < 4.78 is 26.8. The zero-order chi connectivity index (χ0) is 13.1. The molecule has 0 radical (unpaired) electrons. The molecule has 0 heterocycles. The molecule has 1 aromatic carbocycles. The van der Waals surface area contributed by atoms with Gasteiger partial charge in [-0.2, -0.15) is 0 Å². The molecule has 1 aliphatic rings. The quantitative estimate of drug-likeness (QED) is 0.843. The van der Waals surface area contributed by atoms with E-state index in [2.05, 4.69) is 5.32 Å². The third kappa shape index (κ3) is 2.85. The molecule has 1 aliphatic carbocycles. The Balaban J connectivity index is 2.10. The molecular weight excluding hydrogens is 240 g/mol. The molecule has 1 atom stereocenters. The predicted octanol–water partition coefficient (Wildman–Crippen LogP) is 1.86. The molecule has 0 aromatic heterocycles. The smallest absolute Gasteiger partial charge is 0.257 e. The summed E-state index contributed by atoms with van der Waals surface area (Å²) in [6.07, 6.45) is 2.36. The molecular formula is C13H15F2NO2. The maximum atomic E-state index is 13.4. The maximum absolute atomic E-state index is 13.4. The molecule has 2 rings (SSSR count). The second-order valence-corrected chi connectivity index (χ2v) is 4.53. The first-order valence-corrected chi connectivity index (χ1v) is 5.99. The molecule has 1 unspecified atom stereocenters. The van der Waals surface area contributed by atoms with Crippen LogP contribution in [0.25, 0.3) is 0 Å². The van der Waals surface area contributed by atoms with Crippen LogP contribution in [0.15, 0.2) is 18.2 Å². The number of aliphatic hydroxyl groups is 1. The normalized spacial score (nSPS) is 16.4. The summed E-state index contributed by atoms with van der Waals surface area (Å²) in [5, 5.41) is 11.5. The molecule has 3 nitrogen and oxygen atoms in total. The van der Waals surface area contributed by atoms with Gasteiger partial charge in [0.15, 0.2) is 0 Å². The van der Waals surface area contributed by atoms with E-state index in [-0.39, 0.29) is 12.6 Å². The zero-order valence-corrected chi connectivity index (χ0v) is 9.83. The second-order valence-electron chi connectivity index (χ2n) is 4.53. The monoisotopic (exact) mass is 255 g/mol. The van der Waals surface area contributed by atoms with E-state index in [1.165, 1.54) is 6.07 Å². The van der Waals surface area contributed by atoms with Gasteiger partial charge in [-0.3, -0.25) is 4.79 Å². The molecule has 0 bridgehead atoms. The third-order valence-electron chi connectivity index (χ3n) is 3.14. The largest absolute Gasteiger partial charge is 0.396 e. The van der Waals surface area contributed by atoms with E-state index in [1.54, 1.807) is 0 Å². The molecule has 1 aromatic rings. The highest BCUT2D eigenvalue weighted by atomic mass is 19.1. The average Bonchev–Trinajstić information content (AvgIpc) is 3.12. The van der Waals surface area contributed by atoms with Crippen LogP contribution in [-0.4, -0.2) is 23.7 Å². The summed E-state index contributed by atoms with van der Waals surface area (Å²) in [4.78, 5) is 11.8. The molecule has 0 spiro atoms. The zero-order valence-electron chi connectivity index (χ0n) is 9.83. The summed E-state index contributed by atoms with van der Waals surface area (Å²) in [5.74, 6) is -2.18. The molecule has 1 saturated carbocycles. The lowest BCUT2D eigenvalue weighted by Crippen LogP contribution is -2.38. The van der Waals surface area contributed by atoms with Crippen molar-refractivity contribution in [3.8, 4) is 0 Å². The van der Waals surface area contributed by atoms with Crippen molar-refractivity contribution in [1.29, 1.82) is 0 Å². The Kier molecular flexibility index (Phi) is 3.91. The van der Waals surface area contributed by atoms with Crippen molar-refractivity contribution in [1.82, 2.24) is 5.32 Å². The Morgan fingerprint density at radius 2 is 2.00 bits per heavy atom. The van der Waals surface area contributed by atoms with Crippen molar-refractivity contribution in [2.45, 2.75) is 25.3 Å². The lowest BCUT2D eigenvalue weighted by atomic mass is 10.1. The van der Waals surface area contributed by atoms with Gasteiger partial charge in [-0.05, 0) is 37.3 Å². The molecule has 1 fully saturated rings. The van der Waals surface area contributed by atoms with Crippen LogP contribution in [-0.2, 0) is 0 Å². The number of carbonyl (C=O) groups excluding carboxylic acids is 1. The highest BCUT2D eigenvalue weighted by Gasteiger charge is 2.32. The Morgan fingerprint density at radius 1 is 1.39 bits per heavy atom. The molecule has 18 heavy (non-hydrogen) atoms. The van der Waals surface area contributed by atoms with E-state index < -0.39 is 23.1 Å². The van der Waals surface area contributed by atoms with Crippen molar-refractivity contribution in [2.75, 3.05) is 6.61 Å². The average molecular weight is 255 g/mol. The molecule has 0 saturated heterocycles. The fourth-order valence-electron chi connectivity index (χ4n) is 2.02. The van der Waals surface area contributed by atoms with E-state index in [1.807, 2.05) is 0 Å². The lowest BCUT2D eigenvalue weighted by Gasteiger charge is -2.17. The number of aliphatic hydroxyl groups excluding tert-OH is 1. The number of amides is 1. The summed E-state index contributed by atoms with van der Waals surface area (Å²) in [7, 11) is 0. The van der Waals surface area contributed by atoms with Crippen molar-refractivity contribution in [3.05, 3.63) is 35.4 Å². The lowest BCUT2D eigenvalue weighted by molar-refractivity contribution is 0.0915. The summed E-state index contributed by atoms with van der Waals surface area (Å²) in [5.41, 5.74) is -0.555. The Morgan fingerprint density at radius 3 is 2.50 bits per heavy atom. The number of benzene rings is 1. The Labute approximate surface area is 104 Å². The summed E-state index contributed by atoms with van der Waals surface area (Å²) in [6.45, 7) is -0.0544. The van der Waals surface area contributed by atoms with Gasteiger partial charge in [-0.1, -0.05) is 6.07 Å². The van der Waals surface area contributed by atoms with Crippen molar-refractivity contribution in [3.63, 3.8) is 0 Å². The Hall–Kier alpha value is -1.49. The Bertz CT molecular complexity index is 426. The number of rotatable bonds is 5. The second kappa shape index (κ2) is 5.44. The van der Waals surface area contributed by atoms with Gasteiger partial charge in [0.05, 0.1) is 0 Å². The molecule has 98 valence electrons. The van der Waals surface area contributed by atoms with E-state index in [4.69, 9.17) is 5.11 Å². The fraction of sp³-hybridized carbons (Fsp3) is 0.462. The predicted molar refractivity (Wildman–Crippen MR) is 62.0 cm³/mol. The first kappa shape index (κ1) is 13.0. The van der Waals surface area contributed by atoms with Gasteiger partial charge < -0.3 is 10.4 Å². The van der Waals surface area contributed by atoms with Gasteiger partial charge in [0.25, 0.3) is 5.91 Å². The topological polar surface area (TPSA) is 49.3 Å². The number of carbonyl (C=O) groups is 1. The molecule has 0 aliphatic heterocycles. The van der Waals surface area contributed by atoms with Crippen LogP contribution in [0.3, 0.4) is 0 Å². The standard InChI is InChI=1S/C13H15F2NO2/c14-9-2-1-3-10(15)12(9)13(18)16-11(6-7-17)8-4-5-8/h1-3,8,11,17H,4-7H2,(H,16,18). The van der Waals surface area contributed by atoms with Crippen LogP contribution in [0.2, 0.25) is 0 Å². The minimum atomic E-state index is -0.869. The fourth-order valence-corrected chi connectivity index (χ4v) is 2.02. The van der Waals surface area contributed by atoms with Crippen molar-refractivity contribution in [2.24, 2.45) is 5.92 Å². The van der Waals surface area contributed by atoms with Gasteiger partial charge in [0.1, 0.15) is 17.2 Å². The van der Waals surface area contributed by atoms with Crippen LogP contribution < -0.4 is 5.32 Å². The summed E-state index contributed by atoms with van der Waals surface area (Å²) in [6, 6.07) is 3.11. The van der Waals surface area contributed by atoms with Gasteiger partial charge >= 0.3 is 0 Å². The van der Waals surface area contributed by atoms with Gasteiger partial charge in [0, 0.05) is 12.6 Å². The highest BCUT2D eigenvalue weighted by Crippen LogP contribution is 2.34. The minimum Gasteiger partial charge on any atom is -0.396 e. The van der Waals surface area contributed by atoms with Crippen LogP contribution in [0, 0.1) is 17.6 Å². The van der Waals surface area contributed by atoms with Crippen molar-refractivity contribution >= 4 is 5.91 Å². The molecule has 1 amide bonds. The third-order valence-corrected chi connectivity index (χ3v) is 3.14. The molecule has 5 heteroatoms. The van der Waals surface area contributed by atoms with Gasteiger partial charge in [-0.25, -0.2) is 8.78 Å². The van der Waals surface area contributed by atoms with Crippen LogP contribution in [0.1, 0.15) is 29.6 Å². The van der Waals surface area contributed by atoms with Crippen LogP contribution in [0.5, 0.6) is 0 Å². The summed E-state index contributed by atoms with van der Waals surface area (Å²) >= 11 is 0. The van der Waals surface area contributed by atoms with E-state index in [0.717, 1.165) is 25.0 Å². The number of nitrogens with one attached hydrogen (secondary N) is 1. The van der Waals surface area contributed by atoms with Gasteiger partial charge in [-0.15, -0.1) is 0 Å². The van der Waals surface area contributed by atoms with E-state index >= 15 is 0 Å². The highest BCUT2D eigenvalue weighted by molar-refractivity contribution is 5.94.